The summed E-state index contributed by atoms with van der Waals surface area (Å²) in [6.45, 7) is 0.677. The number of methoxy groups -OCH3 is 1. The van der Waals surface area contributed by atoms with Crippen LogP contribution in [0.3, 0.4) is 0 Å². The summed E-state index contributed by atoms with van der Waals surface area (Å²) in [5.74, 6) is -0.171. The van der Waals surface area contributed by atoms with E-state index in [-0.39, 0.29) is 29.0 Å². The van der Waals surface area contributed by atoms with Crippen LogP contribution in [0.1, 0.15) is 42.5 Å². The van der Waals surface area contributed by atoms with E-state index in [1.165, 1.54) is 16.4 Å². The number of benzene rings is 1. The number of rotatable bonds is 9. The molecule has 1 aliphatic rings. The average molecular weight is 448 g/mol. The van der Waals surface area contributed by atoms with Crippen molar-refractivity contribution < 1.29 is 22.7 Å². The fraction of sp³-hybridized carbons (Fsp3) is 0.455. The normalized spacial score (nSPS) is 15.1. The van der Waals surface area contributed by atoms with Crippen LogP contribution in [0.25, 0.3) is 0 Å². The minimum Gasteiger partial charge on any atom is -0.474 e. The molecule has 0 bridgehead atoms. The highest BCUT2D eigenvalue weighted by atomic mass is 32.2. The zero-order valence-electron chi connectivity index (χ0n) is 17.9. The summed E-state index contributed by atoms with van der Waals surface area (Å²) < 4.78 is 38.2. The van der Waals surface area contributed by atoms with Crippen molar-refractivity contribution in [3.05, 3.63) is 48.2 Å². The molecule has 1 aromatic carbocycles. The number of hydrogen-bond acceptors (Lipinski definition) is 6. The van der Waals surface area contributed by atoms with Gasteiger partial charge in [0.2, 0.25) is 15.9 Å². The molecule has 168 valence electrons. The first kappa shape index (κ1) is 23.2. The molecule has 0 aliphatic heterocycles. The summed E-state index contributed by atoms with van der Waals surface area (Å²) in [5.41, 5.74) is 0.640. The summed E-state index contributed by atoms with van der Waals surface area (Å²) in [6.07, 6.45) is 6.50. The van der Waals surface area contributed by atoms with Crippen molar-refractivity contribution >= 4 is 21.6 Å². The SMILES string of the molecule is COCCOc1ncccc1NC(=O)c1cccc(S(=O)(=O)N(C)C2CCCCC2)c1. The number of sulfonamides is 1. The minimum atomic E-state index is -3.69. The van der Waals surface area contributed by atoms with E-state index in [9.17, 15) is 13.2 Å². The lowest BCUT2D eigenvalue weighted by atomic mass is 9.96. The van der Waals surface area contributed by atoms with Crippen LogP contribution in [0.15, 0.2) is 47.5 Å². The first-order valence-electron chi connectivity index (χ1n) is 10.4. The van der Waals surface area contributed by atoms with Crippen LogP contribution in [-0.2, 0) is 14.8 Å². The molecule has 9 heteroatoms. The van der Waals surface area contributed by atoms with E-state index in [0.717, 1.165) is 32.1 Å². The quantitative estimate of drug-likeness (QED) is 0.592. The van der Waals surface area contributed by atoms with Gasteiger partial charge >= 0.3 is 0 Å². The summed E-state index contributed by atoms with van der Waals surface area (Å²) in [4.78, 5) is 17.1. The topological polar surface area (TPSA) is 97.8 Å². The number of carbonyl (C=O) groups is 1. The molecule has 8 nitrogen and oxygen atoms in total. The van der Waals surface area contributed by atoms with Crippen molar-refractivity contribution in [2.45, 2.75) is 43.0 Å². The van der Waals surface area contributed by atoms with Gasteiger partial charge < -0.3 is 14.8 Å². The highest BCUT2D eigenvalue weighted by Gasteiger charge is 2.29. The van der Waals surface area contributed by atoms with Crippen LogP contribution >= 0.6 is 0 Å². The van der Waals surface area contributed by atoms with Gasteiger partial charge in [-0.25, -0.2) is 13.4 Å². The molecule has 1 aromatic heterocycles. The Balaban J connectivity index is 1.76. The number of anilines is 1. The number of ether oxygens (including phenoxy) is 2. The highest BCUT2D eigenvalue weighted by molar-refractivity contribution is 7.89. The van der Waals surface area contributed by atoms with Crippen LogP contribution in [-0.4, -0.2) is 57.0 Å². The van der Waals surface area contributed by atoms with Gasteiger partial charge in [-0.2, -0.15) is 4.31 Å². The molecule has 0 atom stereocenters. The first-order valence-corrected chi connectivity index (χ1v) is 11.8. The molecule has 0 radical (unpaired) electrons. The Kier molecular flexibility index (Phi) is 8.00. The molecular formula is C22H29N3O5S. The van der Waals surface area contributed by atoms with Gasteiger partial charge in [-0.05, 0) is 43.2 Å². The second-order valence-corrected chi connectivity index (χ2v) is 9.49. The van der Waals surface area contributed by atoms with E-state index in [2.05, 4.69) is 10.3 Å². The number of carbonyl (C=O) groups excluding carboxylic acids is 1. The van der Waals surface area contributed by atoms with Crippen molar-refractivity contribution in [3.8, 4) is 5.88 Å². The first-order chi connectivity index (χ1) is 14.9. The number of aromatic nitrogens is 1. The maximum Gasteiger partial charge on any atom is 0.255 e. The third kappa shape index (κ3) is 5.81. The summed E-state index contributed by atoms with van der Waals surface area (Å²) in [7, 11) is -0.499. The molecule has 0 unspecified atom stereocenters. The van der Waals surface area contributed by atoms with E-state index in [0.29, 0.717) is 12.3 Å². The highest BCUT2D eigenvalue weighted by Crippen LogP contribution is 2.27. The maximum atomic E-state index is 13.1. The summed E-state index contributed by atoms with van der Waals surface area (Å²) in [5, 5.41) is 2.75. The fourth-order valence-electron chi connectivity index (χ4n) is 3.62. The summed E-state index contributed by atoms with van der Waals surface area (Å²) >= 11 is 0. The van der Waals surface area contributed by atoms with Crippen LogP contribution in [0.5, 0.6) is 5.88 Å². The predicted octanol–water partition coefficient (Wildman–Crippen LogP) is 3.31. The molecule has 1 fully saturated rings. The van der Waals surface area contributed by atoms with Gasteiger partial charge in [-0.1, -0.05) is 25.3 Å². The third-order valence-corrected chi connectivity index (χ3v) is 7.31. The number of pyridine rings is 1. The van der Waals surface area contributed by atoms with Gasteiger partial charge in [-0.3, -0.25) is 4.79 Å². The lowest BCUT2D eigenvalue weighted by molar-refractivity contribution is 0.102. The van der Waals surface area contributed by atoms with Crippen molar-refractivity contribution in [1.29, 1.82) is 0 Å². The van der Waals surface area contributed by atoms with E-state index in [1.807, 2.05) is 0 Å². The van der Waals surface area contributed by atoms with Gasteiger partial charge in [0.25, 0.3) is 5.91 Å². The Hall–Kier alpha value is -2.49. The third-order valence-electron chi connectivity index (χ3n) is 5.41. The summed E-state index contributed by atoms with van der Waals surface area (Å²) in [6, 6.07) is 9.44. The number of amides is 1. The molecule has 1 aliphatic carbocycles. The average Bonchev–Trinajstić information content (AvgIpc) is 2.80. The van der Waals surface area contributed by atoms with E-state index >= 15 is 0 Å². The monoisotopic (exact) mass is 447 g/mol. The molecular weight excluding hydrogens is 418 g/mol. The molecule has 1 N–H and O–H groups in total. The number of nitrogens with one attached hydrogen (secondary N) is 1. The molecule has 0 spiro atoms. The van der Waals surface area contributed by atoms with Crippen LogP contribution in [0.2, 0.25) is 0 Å². The van der Waals surface area contributed by atoms with Gasteiger partial charge in [0, 0.05) is 32.0 Å². The zero-order chi connectivity index (χ0) is 22.3. The molecule has 31 heavy (non-hydrogen) atoms. The Morgan fingerprint density at radius 1 is 1.16 bits per heavy atom. The number of nitrogens with zero attached hydrogens (tertiary/aromatic N) is 2. The van der Waals surface area contributed by atoms with Crippen molar-refractivity contribution in [3.63, 3.8) is 0 Å². The van der Waals surface area contributed by atoms with Crippen molar-refractivity contribution in [2.75, 3.05) is 32.7 Å². The standard InChI is InChI=1S/C22H29N3O5S/c1-25(18-9-4-3-5-10-18)31(27,28)19-11-6-8-17(16-19)21(26)24-20-12-7-13-23-22(20)30-15-14-29-2/h6-8,11-13,16,18H,3-5,9-10,14-15H2,1-2H3,(H,24,26). The smallest absolute Gasteiger partial charge is 0.255 e. The molecule has 2 aromatic rings. The maximum absolute atomic E-state index is 13.1. The fourth-order valence-corrected chi connectivity index (χ4v) is 5.08. The van der Waals surface area contributed by atoms with Crippen LogP contribution < -0.4 is 10.1 Å². The number of hydrogen-bond donors (Lipinski definition) is 1. The van der Waals surface area contributed by atoms with E-state index < -0.39 is 15.9 Å². The van der Waals surface area contributed by atoms with E-state index in [4.69, 9.17) is 9.47 Å². The molecule has 0 saturated heterocycles. The van der Waals surface area contributed by atoms with Gasteiger partial charge in [0.1, 0.15) is 12.3 Å². The second kappa shape index (κ2) is 10.7. The van der Waals surface area contributed by atoms with Crippen molar-refractivity contribution in [2.24, 2.45) is 0 Å². The minimum absolute atomic E-state index is 0.00145. The zero-order valence-corrected chi connectivity index (χ0v) is 18.7. The van der Waals surface area contributed by atoms with Gasteiger partial charge in [0.05, 0.1) is 11.5 Å². The Bertz CT molecular complexity index is 990. The van der Waals surface area contributed by atoms with Crippen molar-refractivity contribution in [1.82, 2.24) is 9.29 Å². The molecule has 1 heterocycles. The Labute approximate surface area is 183 Å². The van der Waals surface area contributed by atoms with Crippen LogP contribution in [0, 0.1) is 0 Å². The lowest BCUT2D eigenvalue weighted by Gasteiger charge is -2.30. The van der Waals surface area contributed by atoms with Crippen LogP contribution in [0.4, 0.5) is 5.69 Å². The Morgan fingerprint density at radius 2 is 1.94 bits per heavy atom. The van der Waals surface area contributed by atoms with E-state index in [1.54, 1.807) is 44.6 Å². The molecule has 1 amide bonds. The predicted molar refractivity (Wildman–Crippen MR) is 118 cm³/mol. The molecule has 3 rings (SSSR count). The molecule has 1 saturated carbocycles. The Morgan fingerprint density at radius 3 is 2.68 bits per heavy atom. The largest absolute Gasteiger partial charge is 0.474 e. The van der Waals surface area contributed by atoms with Gasteiger partial charge in [-0.15, -0.1) is 0 Å². The van der Waals surface area contributed by atoms with Gasteiger partial charge in [0.15, 0.2) is 0 Å². The second-order valence-electron chi connectivity index (χ2n) is 7.49. The lowest BCUT2D eigenvalue weighted by Crippen LogP contribution is -2.38.